The quantitative estimate of drug-likeness (QED) is 0.662. The number of hydrogen-bond acceptors (Lipinski definition) is 2. The normalized spacial score (nSPS) is 17.9. The number of benzene rings is 2. The van der Waals surface area contributed by atoms with E-state index in [0.29, 0.717) is 11.5 Å². The van der Waals surface area contributed by atoms with Gasteiger partial charge in [-0.1, -0.05) is 56.3 Å². The molecule has 1 atom stereocenters. The van der Waals surface area contributed by atoms with Crippen LogP contribution in [-0.4, -0.2) is 16.1 Å². The molecule has 3 heteroatoms. The largest absolute Gasteiger partial charge is 0.478 e. The molecule has 0 saturated heterocycles. The van der Waals surface area contributed by atoms with Gasteiger partial charge in [0.15, 0.2) is 0 Å². The molecule has 3 aromatic rings. The average Bonchev–Trinajstić information content (AvgIpc) is 2.66. The van der Waals surface area contributed by atoms with Crippen molar-refractivity contribution in [1.82, 2.24) is 4.98 Å². The van der Waals surface area contributed by atoms with Crippen molar-refractivity contribution in [2.24, 2.45) is 5.92 Å². The molecule has 1 unspecified atom stereocenters. The number of para-hydroxylation sites is 1. The van der Waals surface area contributed by atoms with Gasteiger partial charge in [-0.3, -0.25) is 0 Å². The van der Waals surface area contributed by atoms with Crippen molar-refractivity contribution in [2.45, 2.75) is 33.1 Å². The zero-order valence-corrected chi connectivity index (χ0v) is 15.7. The van der Waals surface area contributed by atoms with E-state index in [9.17, 15) is 9.90 Å². The molecule has 1 N–H and O–H groups in total. The average molecular weight is 357 g/mol. The number of fused-ring (bicyclic) bond motifs is 2. The molecule has 0 saturated carbocycles. The second-order valence-corrected chi connectivity index (χ2v) is 7.41. The third-order valence-electron chi connectivity index (χ3n) is 5.36. The maximum absolute atomic E-state index is 12.1. The lowest BCUT2D eigenvalue weighted by molar-refractivity contribution is 0.0697. The number of carbonyl (C=O) groups is 1. The SMILES string of the molecule is CCc1ccc(/C=C2/CC(C)Cc3c2nc2ccccc2c3C(=O)O)cc1. The summed E-state index contributed by atoms with van der Waals surface area (Å²) in [5, 5.41) is 10.6. The third-order valence-corrected chi connectivity index (χ3v) is 5.36. The van der Waals surface area contributed by atoms with Crippen molar-refractivity contribution >= 4 is 28.5 Å². The summed E-state index contributed by atoms with van der Waals surface area (Å²) in [6.45, 7) is 4.33. The van der Waals surface area contributed by atoms with Crippen LogP contribution < -0.4 is 0 Å². The van der Waals surface area contributed by atoms with E-state index in [4.69, 9.17) is 4.98 Å². The highest BCUT2D eigenvalue weighted by molar-refractivity contribution is 6.05. The molecular weight excluding hydrogens is 334 g/mol. The highest BCUT2D eigenvalue weighted by Gasteiger charge is 2.27. The second kappa shape index (κ2) is 6.99. The van der Waals surface area contributed by atoms with E-state index < -0.39 is 5.97 Å². The number of aromatic carboxylic acids is 1. The molecule has 0 fully saturated rings. The molecule has 1 aromatic heterocycles. The van der Waals surface area contributed by atoms with Crippen LogP contribution in [0.5, 0.6) is 0 Å². The minimum atomic E-state index is -0.870. The van der Waals surface area contributed by atoms with Gasteiger partial charge in [-0.05, 0) is 59.6 Å². The van der Waals surface area contributed by atoms with Crippen LogP contribution in [0.1, 0.15) is 53.0 Å². The van der Waals surface area contributed by atoms with Crippen LogP contribution in [-0.2, 0) is 12.8 Å². The van der Waals surface area contributed by atoms with Gasteiger partial charge >= 0.3 is 5.97 Å². The highest BCUT2D eigenvalue weighted by Crippen LogP contribution is 2.38. The Morgan fingerprint density at radius 1 is 1.15 bits per heavy atom. The predicted octanol–water partition coefficient (Wildman–Crippen LogP) is 5.62. The van der Waals surface area contributed by atoms with E-state index >= 15 is 0 Å². The number of rotatable bonds is 3. The van der Waals surface area contributed by atoms with Gasteiger partial charge in [-0.15, -0.1) is 0 Å². The van der Waals surface area contributed by atoms with Gasteiger partial charge in [0.2, 0.25) is 0 Å². The number of aromatic nitrogens is 1. The van der Waals surface area contributed by atoms with E-state index in [-0.39, 0.29) is 0 Å². The summed E-state index contributed by atoms with van der Waals surface area (Å²) in [7, 11) is 0. The van der Waals surface area contributed by atoms with E-state index in [1.54, 1.807) is 0 Å². The van der Waals surface area contributed by atoms with Gasteiger partial charge in [0, 0.05) is 5.39 Å². The zero-order valence-electron chi connectivity index (χ0n) is 15.7. The maximum atomic E-state index is 12.1. The Morgan fingerprint density at radius 2 is 1.89 bits per heavy atom. The Balaban J connectivity index is 1.93. The van der Waals surface area contributed by atoms with E-state index in [1.807, 2.05) is 24.3 Å². The molecule has 0 spiro atoms. The Bertz CT molecular complexity index is 1050. The number of hydrogen-bond donors (Lipinski definition) is 1. The van der Waals surface area contributed by atoms with Crippen molar-refractivity contribution in [3.63, 3.8) is 0 Å². The van der Waals surface area contributed by atoms with Gasteiger partial charge in [-0.2, -0.15) is 0 Å². The molecule has 3 nitrogen and oxygen atoms in total. The maximum Gasteiger partial charge on any atom is 0.336 e. The van der Waals surface area contributed by atoms with E-state index in [0.717, 1.165) is 52.6 Å². The summed E-state index contributed by atoms with van der Waals surface area (Å²) >= 11 is 0. The number of pyridine rings is 1. The lowest BCUT2D eigenvalue weighted by Gasteiger charge is -2.26. The molecule has 1 heterocycles. The van der Waals surface area contributed by atoms with Crippen LogP contribution in [0, 0.1) is 5.92 Å². The van der Waals surface area contributed by atoms with Gasteiger partial charge in [0.05, 0.1) is 16.8 Å². The predicted molar refractivity (Wildman–Crippen MR) is 110 cm³/mol. The molecule has 0 aliphatic heterocycles. The molecule has 4 rings (SSSR count). The van der Waals surface area contributed by atoms with Gasteiger partial charge in [-0.25, -0.2) is 9.78 Å². The van der Waals surface area contributed by atoms with Gasteiger partial charge < -0.3 is 5.11 Å². The standard InChI is InChI=1S/C24H23NO2/c1-3-16-8-10-17(11-9-16)14-18-12-15(2)13-20-22(24(26)27)19-6-4-5-7-21(19)25-23(18)20/h4-11,14-15H,3,12-13H2,1-2H3,(H,26,27)/b18-14-. The minimum Gasteiger partial charge on any atom is -0.478 e. The first-order valence-electron chi connectivity index (χ1n) is 9.51. The molecule has 0 bridgehead atoms. The number of nitrogens with zero attached hydrogens (tertiary/aromatic N) is 1. The highest BCUT2D eigenvalue weighted by atomic mass is 16.4. The van der Waals surface area contributed by atoms with Crippen LogP contribution in [0.4, 0.5) is 0 Å². The molecule has 0 amide bonds. The second-order valence-electron chi connectivity index (χ2n) is 7.41. The molecule has 0 radical (unpaired) electrons. The summed E-state index contributed by atoms with van der Waals surface area (Å²) in [6, 6.07) is 16.1. The summed E-state index contributed by atoms with van der Waals surface area (Å²) in [5.41, 5.74) is 6.45. The number of carboxylic acid groups (broad SMARTS) is 1. The third kappa shape index (κ3) is 3.25. The monoisotopic (exact) mass is 357 g/mol. The molecule has 27 heavy (non-hydrogen) atoms. The van der Waals surface area contributed by atoms with Crippen LogP contribution in [0.2, 0.25) is 0 Å². The number of aryl methyl sites for hydroxylation is 1. The Morgan fingerprint density at radius 3 is 2.59 bits per heavy atom. The summed E-state index contributed by atoms with van der Waals surface area (Å²) < 4.78 is 0. The molecular formula is C24H23NO2. The van der Waals surface area contributed by atoms with Crippen molar-refractivity contribution in [3.8, 4) is 0 Å². The lowest BCUT2D eigenvalue weighted by Crippen LogP contribution is -2.17. The van der Waals surface area contributed by atoms with Gasteiger partial charge in [0.25, 0.3) is 0 Å². The van der Waals surface area contributed by atoms with Crippen molar-refractivity contribution in [2.75, 3.05) is 0 Å². The van der Waals surface area contributed by atoms with E-state index in [2.05, 4.69) is 44.2 Å². The van der Waals surface area contributed by atoms with Crippen LogP contribution in [0.25, 0.3) is 22.6 Å². The van der Waals surface area contributed by atoms with Crippen molar-refractivity contribution in [3.05, 3.63) is 76.5 Å². The fourth-order valence-electron chi connectivity index (χ4n) is 4.03. The fraction of sp³-hybridized carbons (Fsp3) is 0.250. The number of allylic oxidation sites excluding steroid dienone is 1. The zero-order chi connectivity index (χ0) is 19.0. The Kier molecular flexibility index (Phi) is 4.53. The summed E-state index contributed by atoms with van der Waals surface area (Å²) in [6.07, 6.45) is 4.85. The first kappa shape index (κ1) is 17.5. The first-order valence-corrected chi connectivity index (χ1v) is 9.51. The lowest BCUT2D eigenvalue weighted by atomic mass is 9.80. The molecule has 1 aliphatic carbocycles. The topological polar surface area (TPSA) is 50.2 Å². The first-order chi connectivity index (χ1) is 13.1. The van der Waals surface area contributed by atoms with Gasteiger partial charge in [0.1, 0.15) is 0 Å². The Hall–Kier alpha value is -2.94. The Labute approximate surface area is 159 Å². The van der Waals surface area contributed by atoms with Crippen LogP contribution >= 0.6 is 0 Å². The summed E-state index contributed by atoms with van der Waals surface area (Å²) in [5.74, 6) is -0.481. The molecule has 1 aliphatic rings. The van der Waals surface area contributed by atoms with Crippen LogP contribution in [0.3, 0.4) is 0 Å². The number of carboxylic acids is 1. The van der Waals surface area contributed by atoms with Crippen molar-refractivity contribution < 1.29 is 9.90 Å². The van der Waals surface area contributed by atoms with Crippen molar-refractivity contribution in [1.29, 1.82) is 0 Å². The smallest absolute Gasteiger partial charge is 0.336 e. The minimum absolute atomic E-state index is 0.389. The molecule has 2 aromatic carbocycles. The van der Waals surface area contributed by atoms with Crippen LogP contribution in [0.15, 0.2) is 48.5 Å². The fourth-order valence-corrected chi connectivity index (χ4v) is 4.03. The van der Waals surface area contributed by atoms with E-state index in [1.165, 1.54) is 5.56 Å². The summed E-state index contributed by atoms with van der Waals surface area (Å²) in [4.78, 5) is 17.0. The molecule has 136 valence electrons.